The summed E-state index contributed by atoms with van der Waals surface area (Å²) in [7, 11) is -4.61. The summed E-state index contributed by atoms with van der Waals surface area (Å²) in [5.74, 6) is -3.99. The molecular formula is C16H13Cl2F2N3O3S. The molecule has 0 heterocycles. The summed E-state index contributed by atoms with van der Waals surface area (Å²) in [6.45, 7) is 1.28. The van der Waals surface area contributed by atoms with Crippen LogP contribution in [0.2, 0.25) is 10.0 Å². The third-order valence-electron chi connectivity index (χ3n) is 4.13. The second kappa shape index (κ2) is 8.00. The molecule has 0 saturated heterocycles. The zero-order valence-electron chi connectivity index (χ0n) is 13.8. The van der Waals surface area contributed by atoms with Crippen molar-refractivity contribution in [2.45, 2.75) is 18.4 Å². The average Bonchev–Trinajstić information content (AvgIpc) is 2.54. The second-order valence-corrected chi connectivity index (χ2v) is 8.28. The van der Waals surface area contributed by atoms with Crippen LogP contribution >= 0.6 is 23.2 Å². The minimum absolute atomic E-state index is 0.0405. The van der Waals surface area contributed by atoms with Gasteiger partial charge in [0.25, 0.3) is 10.1 Å². The topological polar surface area (TPSA) is 103 Å². The van der Waals surface area contributed by atoms with Crippen LogP contribution in [0.3, 0.4) is 0 Å². The fourth-order valence-electron chi connectivity index (χ4n) is 2.83. The first-order chi connectivity index (χ1) is 12.5. The predicted molar refractivity (Wildman–Crippen MR) is 98.5 cm³/mol. The number of halogens is 4. The van der Waals surface area contributed by atoms with Crippen LogP contribution in [0.4, 0.5) is 8.78 Å². The van der Waals surface area contributed by atoms with Gasteiger partial charge in [-0.1, -0.05) is 40.4 Å². The Bertz CT molecular complexity index is 1030. The lowest BCUT2D eigenvalue weighted by molar-refractivity contribution is 0.379. The van der Waals surface area contributed by atoms with E-state index in [4.69, 9.17) is 28.7 Å². The molecule has 0 aliphatic carbocycles. The minimum atomic E-state index is -4.61. The molecule has 0 radical (unpaired) electrons. The van der Waals surface area contributed by atoms with Gasteiger partial charge in [-0.25, -0.2) is 8.78 Å². The smallest absolute Gasteiger partial charge is 0.265 e. The van der Waals surface area contributed by atoms with Crippen LogP contribution in [0.15, 0.2) is 41.5 Å². The number of hydrogen-bond donors (Lipinski definition) is 1. The largest absolute Gasteiger partial charge is 0.286 e. The van der Waals surface area contributed by atoms with Crippen LogP contribution in [-0.4, -0.2) is 18.7 Å². The molecule has 2 aromatic carbocycles. The molecule has 0 fully saturated rings. The Labute approximate surface area is 164 Å². The maximum atomic E-state index is 14.5. The lowest BCUT2D eigenvalue weighted by Crippen LogP contribution is -2.34. The van der Waals surface area contributed by atoms with Crippen molar-refractivity contribution in [1.82, 2.24) is 0 Å². The van der Waals surface area contributed by atoms with Crippen molar-refractivity contribution in [2.75, 3.05) is 5.75 Å². The van der Waals surface area contributed by atoms with E-state index in [0.717, 1.165) is 12.1 Å². The van der Waals surface area contributed by atoms with Gasteiger partial charge >= 0.3 is 0 Å². The summed E-state index contributed by atoms with van der Waals surface area (Å²) >= 11 is 11.4. The molecule has 2 rings (SSSR count). The van der Waals surface area contributed by atoms with E-state index in [1.807, 2.05) is 0 Å². The molecule has 0 saturated carbocycles. The first-order valence-corrected chi connectivity index (χ1v) is 9.76. The lowest BCUT2D eigenvalue weighted by atomic mass is 9.77. The number of rotatable bonds is 6. The molecule has 11 heteroatoms. The van der Waals surface area contributed by atoms with Crippen molar-refractivity contribution in [3.8, 4) is 0 Å². The van der Waals surface area contributed by atoms with Gasteiger partial charge in [-0.15, -0.1) is 0 Å². The Balaban J connectivity index is 2.78. The predicted octanol–water partition coefficient (Wildman–Crippen LogP) is 5.47. The van der Waals surface area contributed by atoms with Gasteiger partial charge in [0, 0.05) is 21.4 Å². The number of azide groups is 1. The van der Waals surface area contributed by atoms with E-state index in [2.05, 4.69) is 10.0 Å². The van der Waals surface area contributed by atoms with Gasteiger partial charge in [-0.3, -0.25) is 4.55 Å². The van der Waals surface area contributed by atoms with Crippen molar-refractivity contribution >= 4 is 33.3 Å². The molecule has 2 atom stereocenters. The average molecular weight is 436 g/mol. The lowest BCUT2D eigenvalue weighted by Gasteiger charge is -2.34. The standard InChI is InChI=1S/C16H13Cl2F2N3O3S/c1-16(22-23-21,11-4-3-10(17)7-14(11)19)12(8-27(24,25)26)9-2-5-13(18)15(20)6-9/h2-7,12H,8H2,1H3,(H,24,25,26)/t12-,16-/m1/s1. The van der Waals surface area contributed by atoms with Crippen LogP contribution in [0.25, 0.3) is 10.4 Å². The molecule has 27 heavy (non-hydrogen) atoms. The monoisotopic (exact) mass is 435 g/mol. The van der Waals surface area contributed by atoms with Gasteiger partial charge < -0.3 is 0 Å². The van der Waals surface area contributed by atoms with Crippen molar-refractivity contribution in [3.63, 3.8) is 0 Å². The maximum absolute atomic E-state index is 14.5. The van der Waals surface area contributed by atoms with E-state index in [1.165, 1.54) is 31.2 Å². The van der Waals surface area contributed by atoms with Crippen molar-refractivity contribution in [2.24, 2.45) is 5.11 Å². The van der Waals surface area contributed by atoms with Gasteiger partial charge in [0.15, 0.2) is 0 Å². The van der Waals surface area contributed by atoms with Crippen LogP contribution in [0, 0.1) is 11.6 Å². The molecule has 1 N–H and O–H groups in total. The summed E-state index contributed by atoms with van der Waals surface area (Å²) in [4.78, 5) is 2.69. The number of hydrogen-bond acceptors (Lipinski definition) is 3. The Morgan fingerprint density at radius 2 is 1.89 bits per heavy atom. The molecule has 0 unspecified atom stereocenters. The number of benzene rings is 2. The molecular weight excluding hydrogens is 423 g/mol. The fourth-order valence-corrected chi connectivity index (χ4v) is 4.04. The normalized spacial score (nSPS) is 14.9. The summed E-state index contributed by atoms with van der Waals surface area (Å²) in [5.41, 5.74) is 7.04. The van der Waals surface area contributed by atoms with Crippen LogP contribution in [-0.2, 0) is 15.7 Å². The SMILES string of the molecule is C[C@@](N=[N+]=[N-])(c1ccc(Cl)cc1F)[C@H](CS(=O)(=O)O)c1ccc(Cl)c(F)c1. The first kappa shape index (κ1) is 21.4. The minimum Gasteiger partial charge on any atom is -0.286 e. The Hall–Kier alpha value is -1.90. The molecule has 0 bridgehead atoms. The highest BCUT2D eigenvalue weighted by Gasteiger charge is 2.41. The third-order valence-corrected chi connectivity index (χ3v) is 5.43. The first-order valence-electron chi connectivity index (χ1n) is 7.40. The number of nitrogens with zero attached hydrogens (tertiary/aromatic N) is 3. The zero-order chi connectivity index (χ0) is 20.4. The zero-order valence-corrected chi connectivity index (χ0v) is 16.1. The highest BCUT2D eigenvalue weighted by molar-refractivity contribution is 7.85. The Kier molecular flexibility index (Phi) is 6.34. The quantitative estimate of drug-likeness (QED) is 0.281. The highest BCUT2D eigenvalue weighted by atomic mass is 35.5. The Morgan fingerprint density at radius 1 is 1.22 bits per heavy atom. The van der Waals surface area contributed by atoms with Crippen LogP contribution < -0.4 is 0 Å². The second-order valence-electron chi connectivity index (χ2n) is 5.94. The molecule has 144 valence electrons. The maximum Gasteiger partial charge on any atom is 0.265 e. The molecule has 0 aliphatic heterocycles. The summed E-state index contributed by atoms with van der Waals surface area (Å²) in [6, 6.07) is 6.96. The highest BCUT2D eigenvalue weighted by Crippen LogP contribution is 2.43. The van der Waals surface area contributed by atoms with Crippen LogP contribution in [0.1, 0.15) is 24.0 Å². The molecule has 0 spiro atoms. The third kappa shape index (κ3) is 4.88. The van der Waals surface area contributed by atoms with E-state index >= 15 is 0 Å². The summed E-state index contributed by atoms with van der Waals surface area (Å²) < 4.78 is 61.0. The van der Waals surface area contributed by atoms with Gasteiger partial charge in [0.05, 0.1) is 16.3 Å². The van der Waals surface area contributed by atoms with Crippen molar-refractivity contribution in [3.05, 3.63) is 79.6 Å². The van der Waals surface area contributed by atoms with Gasteiger partial charge in [0.1, 0.15) is 11.6 Å². The molecule has 6 nitrogen and oxygen atoms in total. The van der Waals surface area contributed by atoms with E-state index in [-0.39, 0.29) is 21.2 Å². The summed E-state index contributed by atoms with van der Waals surface area (Å²) in [6.07, 6.45) is 0. The Morgan fingerprint density at radius 3 is 2.41 bits per heavy atom. The van der Waals surface area contributed by atoms with Crippen LogP contribution in [0.5, 0.6) is 0 Å². The molecule has 0 aromatic heterocycles. The van der Waals surface area contributed by atoms with E-state index < -0.39 is 39.0 Å². The van der Waals surface area contributed by atoms with E-state index in [1.54, 1.807) is 0 Å². The molecule has 2 aromatic rings. The van der Waals surface area contributed by atoms with Gasteiger partial charge in [-0.05, 0) is 42.3 Å². The van der Waals surface area contributed by atoms with Crippen molar-refractivity contribution in [1.29, 1.82) is 0 Å². The fraction of sp³-hybridized carbons (Fsp3) is 0.250. The summed E-state index contributed by atoms with van der Waals surface area (Å²) in [5, 5.41) is 3.45. The van der Waals surface area contributed by atoms with E-state index in [0.29, 0.717) is 0 Å². The van der Waals surface area contributed by atoms with Gasteiger partial charge in [-0.2, -0.15) is 8.42 Å². The van der Waals surface area contributed by atoms with Crippen molar-refractivity contribution < 1.29 is 21.8 Å². The molecule has 0 amide bonds. The van der Waals surface area contributed by atoms with E-state index in [9.17, 15) is 21.8 Å². The van der Waals surface area contributed by atoms with Gasteiger partial charge in [0.2, 0.25) is 0 Å². The molecule has 0 aliphatic rings.